The predicted octanol–water partition coefficient (Wildman–Crippen LogP) is 2.51. The minimum absolute atomic E-state index is 0.723. The summed E-state index contributed by atoms with van der Waals surface area (Å²) in [5.41, 5.74) is -2.21. The van der Waals surface area contributed by atoms with Crippen molar-refractivity contribution in [3.63, 3.8) is 0 Å². The van der Waals surface area contributed by atoms with Crippen LogP contribution in [0.3, 0.4) is 0 Å². The van der Waals surface area contributed by atoms with E-state index >= 15 is 0 Å². The highest BCUT2D eigenvalue weighted by Gasteiger charge is 2.40. The Morgan fingerprint density at radius 3 is 2.28 bits per heavy atom. The zero-order valence-corrected chi connectivity index (χ0v) is 10.3. The molecule has 1 aromatic rings. The molecule has 0 bridgehead atoms. The van der Waals surface area contributed by atoms with Crippen LogP contribution in [0.5, 0.6) is 5.75 Å². The van der Waals surface area contributed by atoms with E-state index in [1.54, 1.807) is 0 Å². The maximum atomic E-state index is 12.8. The molecule has 0 spiro atoms. The van der Waals surface area contributed by atoms with Crippen molar-refractivity contribution in [2.24, 2.45) is 0 Å². The number of alkyl halides is 3. The van der Waals surface area contributed by atoms with Crippen LogP contribution < -0.4 is 4.74 Å². The van der Waals surface area contributed by atoms with Gasteiger partial charge in [0, 0.05) is 10.7 Å². The molecule has 18 heavy (non-hydrogen) atoms. The molecule has 0 aromatic heterocycles. The molecule has 98 valence electrons. The zero-order valence-electron chi connectivity index (χ0n) is 8.75. The predicted molar refractivity (Wildman–Crippen MR) is 55.7 cm³/mol. The van der Waals surface area contributed by atoms with Gasteiger partial charge in [0.15, 0.2) is 5.75 Å². The molecule has 0 radical (unpaired) electrons. The monoisotopic (exact) mass is 299 g/mol. The number of benzene rings is 1. The second-order valence-corrected chi connectivity index (χ2v) is 5.60. The lowest BCUT2D eigenvalue weighted by Crippen LogP contribution is -2.12. The lowest BCUT2D eigenvalue weighted by Gasteiger charge is -2.15. The molecule has 0 N–H and O–H groups in total. The Hall–Kier alpha value is -1.46. The molecule has 1 rings (SSSR count). The van der Waals surface area contributed by atoms with E-state index in [2.05, 4.69) is 4.74 Å². The minimum atomic E-state index is -4.94. The third-order valence-corrected chi connectivity index (χ3v) is 3.34. The van der Waals surface area contributed by atoms with Crippen LogP contribution in [0.2, 0.25) is 0 Å². The number of rotatable bonds is 2. The first-order chi connectivity index (χ1) is 8.12. The van der Waals surface area contributed by atoms with Crippen molar-refractivity contribution >= 4 is 19.7 Å². The topological polar surface area (TPSA) is 67.2 Å². The van der Waals surface area contributed by atoms with Gasteiger partial charge in [-0.3, -0.25) is 0 Å². The molecule has 0 amide bonds. The smallest absolute Gasteiger partial charge is 0.421 e. The summed E-state index contributed by atoms with van der Waals surface area (Å²) in [7, 11) is 1.44. The van der Waals surface area contributed by atoms with E-state index in [-0.39, 0.29) is 0 Å². The zero-order chi connectivity index (χ0) is 14.1. The Labute approximate surface area is 105 Å². The maximum Gasteiger partial charge on any atom is 0.421 e. The SMILES string of the molecule is COc1c(S(=O)(=O)Cl)ccc(C#N)c1C(F)(F)F. The summed E-state index contributed by atoms with van der Waals surface area (Å²) in [5.74, 6) is -0.989. The molecule has 0 aliphatic heterocycles. The molecule has 0 fully saturated rings. The molecular formula is C9H5ClF3NO3S. The summed E-state index contributed by atoms with van der Waals surface area (Å²) in [6, 6.07) is 2.83. The summed E-state index contributed by atoms with van der Waals surface area (Å²) in [5, 5.41) is 8.61. The van der Waals surface area contributed by atoms with Crippen LogP contribution in [0, 0.1) is 11.3 Å². The maximum absolute atomic E-state index is 12.8. The summed E-state index contributed by atoms with van der Waals surface area (Å²) >= 11 is 0. The lowest BCUT2D eigenvalue weighted by atomic mass is 10.1. The Balaban J connectivity index is 3.82. The van der Waals surface area contributed by atoms with Crippen molar-refractivity contribution < 1.29 is 26.3 Å². The Kier molecular flexibility index (Phi) is 3.78. The number of ether oxygens (including phenoxy) is 1. The van der Waals surface area contributed by atoms with E-state index in [1.807, 2.05) is 0 Å². The average molecular weight is 300 g/mol. The summed E-state index contributed by atoms with van der Waals surface area (Å²) in [6.45, 7) is 0. The first-order valence-corrected chi connectivity index (χ1v) is 6.56. The molecule has 0 heterocycles. The van der Waals surface area contributed by atoms with E-state index in [0.29, 0.717) is 0 Å². The Bertz CT molecular complexity index is 619. The van der Waals surface area contributed by atoms with E-state index < -0.39 is 37.0 Å². The highest BCUT2D eigenvalue weighted by atomic mass is 35.7. The van der Waals surface area contributed by atoms with Crippen molar-refractivity contribution in [3.05, 3.63) is 23.3 Å². The van der Waals surface area contributed by atoms with E-state index in [4.69, 9.17) is 15.9 Å². The summed E-state index contributed by atoms with van der Waals surface area (Å²) in [4.78, 5) is -0.835. The van der Waals surface area contributed by atoms with Gasteiger partial charge in [-0.2, -0.15) is 18.4 Å². The second kappa shape index (κ2) is 4.66. The highest BCUT2D eigenvalue weighted by Crippen LogP contribution is 2.42. The first kappa shape index (κ1) is 14.6. The van der Waals surface area contributed by atoms with Gasteiger partial charge in [0.1, 0.15) is 10.5 Å². The van der Waals surface area contributed by atoms with Gasteiger partial charge < -0.3 is 4.74 Å². The number of methoxy groups -OCH3 is 1. The summed E-state index contributed by atoms with van der Waals surface area (Å²) in [6.07, 6.45) is -4.94. The molecule has 0 aliphatic carbocycles. The third kappa shape index (κ3) is 2.68. The van der Waals surface area contributed by atoms with Crippen molar-refractivity contribution in [1.29, 1.82) is 5.26 Å². The van der Waals surface area contributed by atoms with Crippen LogP contribution in [0.1, 0.15) is 11.1 Å². The van der Waals surface area contributed by atoms with Crippen molar-refractivity contribution in [1.82, 2.24) is 0 Å². The van der Waals surface area contributed by atoms with Gasteiger partial charge in [-0.15, -0.1) is 0 Å². The van der Waals surface area contributed by atoms with Gasteiger partial charge in [0.05, 0.1) is 18.7 Å². The molecule has 1 aromatic carbocycles. The van der Waals surface area contributed by atoms with Gasteiger partial charge >= 0.3 is 6.18 Å². The van der Waals surface area contributed by atoms with Crippen LogP contribution in [0.4, 0.5) is 13.2 Å². The molecule has 0 atom stereocenters. The molecule has 9 heteroatoms. The molecule has 4 nitrogen and oxygen atoms in total. The van der Waals surface area contributed by atoms with Gasteiger partial charge in [-0.25, -0.2) is 8.42 Å². The fourth-order valence-corrected chi connectivity index (χ4v) is 2.33. The molecule has 0 saturated heterocycles. The standard InChI is InChI=1S/C9H5ClF3NO3S/c1-17-8-6(18(10,15)16)3-2-5(4-14)7(8)9(11,12)13/h2-3H,1H3. The summed E-state index contributed by atoms with van der Waals surface area (Å²) < 4.78 is 65.0. The van der Waals surface area contributed by atoms with Crippen molar-refractivity contribution in [2.45, 2.75) is 11.1 Å². The number of halogens is 4. The van der Waals surface area contributed by atoms with E-state index in [1.165, 1.54) is 6.07 Å². The Morgan fingerprint density at radius 2 is 1.94 bits per heavy atom. The first-order valence-electron chi connectivity index (χ1n) is 4.26. The Morgan fingerprint density at radius 1 is 1.39 bits per heavy atom. The van der Waals surface area contributed by atoms with Crippen LogP contribution in [-0.4, -0.2) is 15.5 Å². The van der Waals surface area contributed by atoms with Crippen molar-refractivity contribution in [2.75, 3.05) is 7.11 Å². The largest absolute Gasteiger partial charge is 0.495 e. The molecular weight excluding hydrogens is 295 g/mol. The quantitative estimate of drug-likeness (QED) is 0.787. The highest BCUT2D eigenvalue weighted by molar-refractivity contribution is 8.13. The third-order valence-electron chi connectivity index (χ3n) is 1.99. The lowest BCUT2D eigenvalue weighted by molar-refractivity contribution is -0.139. The number of nitriles is 1. The number of hydrogen-bond donors (Lipinski definition) is 0. The van der Waals surface area contributed by atoms with E-state index in [9.17, 15) is 21.6 Å². The van der Waals surface area contributed by atoms with Gasteiger partial charge in [0.2, 0.25) is 0 Å². The average Bonchev–Trinajstić information content (AvgIpc) is 2.24. The minimum Gasteiger partial charge on any atom is -0.495 e. The van der Waals surface area contributed by atoms with Gasteiger partial charge in [-0.05, 0) is 12.1 Å². The number of nitrogens with zero attached hydrogens (tertiary/aromatic N) is 1. The molecule has 0 saturated carbocycles. The van der Waals surface area contributed by atoms with Crippen LogP contribution in [-0.2, 0) is 15.2 Å². The molecule has 0 aliphatic rings. The van der Waals surface area contributed by atoms with Crippen LogP contribution >= 0.6 is 10.7 Å². The van der Waals surface area contributed by atoms with Gasteiger partial charge in [0.25, 0.3) is 9.05 Å². The fraction of sp³-hybridized carbons (Fsp3) is 0.222. The second-order valence-electron chi connectivity index (χ2n) is 3.07. The van der Waals surface area contributed by atoms with Crippen LogP contribution in [0.15, 0.2) is 17.0 Å². The van der Waals surface area contributed by atoms with Crippen molar-refractivity contribution in [3.8, 4) is 11.8 Å². The number of hydrogen-bond acceptors (Lipinski definition) is 4. The normalized spacial score (nSPS) is 12.0. The van der Waals surface area contributed by atoms with E-state index in [0.717, 1.165) is 19.2 Å². The molecule has 0 unspecified atom stereocenters. The van der Waals surface area contributed by atoms with Crippen LogP contribution in [0.25, 0.3) is 0 Å². The fourth-order valence-electron chi connectivity index (χ4n) is 1.33. The van der Waals surface area contributed by atoms with Gasteiger partial charge in [-0.1, -0.05) is 0 Å².